The fourth-order valence-corrected chi connectivity index (χ4v) is 3.75. The number of aromatic nitrogens is 2. The van der Waals surface area contributed by atoms with Gasteiger partial charge in [-0.1, -0.05) is 30.3 Å². The number of rotatable bonds is 5. The van der Waals surface area contributed by atoms with E-state index in [1.54, 1.807) is 18.0 Å². The highest BCUT2D eigenvalue weighted by molar-refractivity contribution is 7.98. The highest BCUT2D eigenvalue weighted by Gasteiger charge is 2.13. The molecule has 1 aromatic carbocycles. The number of imidazole rings is 1. The number of thioether (sulfide) groups is 1. The lowest BCUT2D eigenvalue weighted by atomic mass is 10.2. The van der Waals surface area contributed by atoms with Gasteiger partial charge in [0.2, 0.25) is 0 Å². The molecule has 1 amide bonds. The van der Waals surface area contributed by atoms with Crippen LogP contribution < -0.4 is 5.32 Å². The van der Waals surface area contributed by atoms with Crippen LogP contribution in [0.1, 0.15) is 15.5 Å². The summed E-state index contributed by atoms with van der Waals surface area (Å²) in [6.45, 7) is 0.386. The highest BCUT2D eigenvalue weighted by Crippen LogP contribution is 2.25. The van der Waals surface area contributed by atoms with Crippen molar-refractivity contribution in [2.45, 2.75) is 11.4 Å². The zero-order valence-electron chi connectivity index (χ0n) is 12.0. The summed E-state index contributed by atoms with van der Waals surface area (Å²) in [7, 11) is 0. The molecule has 0 saturated carbocycles. The highest BCUT2D eigenvalue weighted by atomic mass is 32.2. The SMILES string of the molecule is CSc1ccsc1C(=O)NCc1ncc(-c2ccccc2)[nH]1. The third kappa shape index (κ3) is 3.23. The van der Waals surface area contributed by atoms with Gasteiger partial charge in [0.1, 0.15) is 10.7 Å². The lowest BCUT2D eigenvalue weighted by Gasteiger charge is -2.03. The van der Waals surface area contributed by atoms with Crippen molar-refractivity contribution in [3.8, 4) is 11.3 Å². The zero-order chi connectivity index (χ0) is 15.4. The van der Waals surface area contributed by atoms with E-state index < -0.39 is 0 Å². The molecule has 112 valence electrons. The van der Waals surface area contributed by atoms with Crippen molar-refractivity contribution in [1.29, 1.82) is 0 Å². The summed E-state index contributed by atoms with van der Waals surface area (Å²) in [5.41, 5.74) is 2.03. The van der Waals surface area contributed by atoms with Gasteiger partial charge in [-0.3, -0.25) is 4.79 Å². The van der Waals surface area contributed by atoms with E-state index in [2.05, 4.69) is 15.3 Å². The quantitative estimate of drug-likeness (QED) is 0.700. The molecule has 0 saturated heterocycles. The number of hydrogen-bond acceptors (Lipinski definition) is 4. The Morgan fingerprint density at radius 2 is 2.14 bits per heavy atom. The summed E-state index contributed by atoms with van der Waals surface area (Å²) < 4.78 is 0. The van der Waals surface area contributed by atoms with Gasteiger partial charge in [0.05, 0.1) is 18.4 Å². The van der Waals surface area contributed by atoms with Crippen LogP contribution >= 0.6 is 23.1 Å². The molecule has 0 spiro atoms. The zero-order valence-corrected chi connectivity index (χ0v) is 13.6. The minimum atomic E-state index is -0.0583. The Labute approximate surface area is 137 Å². The van der Waals surface area contributed by atoms with Crippen molar-refractivity contribution in [1.82, 2.24) is 15.3 Å². The van der Waals surface area contributed by atoms with E-state index in [1.807, 2.05) is 48.0 Å². The monoisotopic (exact) mass is 329 g/mol. The molecule has 0 fully saturated rings. The number of amides is 1. The topological polar surface area (TPSA) is 57.8 Å². The van der Waals surface area contributed by atoms with Crippen LogP contribution in [0.15, 0.2) is 52.9 Å². The van der Waals surface area contributed by atoms with Crippen LogP contribution in [0.2, 0.25) is 0 Å². The number of hydrogen-bond donors (Lipinski definition) is 2. The first-order valence-electron chi connectivity index (χ1n) is 6.77. The molecule has 2 aromatic heterocycles. The number of H-pyrrole nitrogens is 1. The standard InChI is InChI=1S/C16H15N3OS2/c1-21-13-7-8-22-15(13)16(20)18-10-14-17-9-12(19-14)11-5-3-2-4-6-11/h2-9H,10H2,1H3,(H,17,19)(H,18,20). The first-order valence-corrected chi connectivity index (χ1v) is 8.87. The first-order chi connectivity index (χ1) is 10.8. The summed E-state index contributed by atoms with van der Waals surface area (Å²) in [4.78, 5) is 21.5. The van der Waals surface area contributed by atoms with E-state index in [-0.39, 0.29) is 5.91 Å². The summed E-state index contributed by atoms with van der Waals surface area (Å²) in [5.74, 6) is 0.687. The average Bonchev–Trinajstić information content (AvgIpc) is 3.22. The number of carbonyl (C=O) groups excluding carboxylic acids is 1. The number of nitrogens with zero attached hydrogens (tertiary/aromatic N) is 1. The fraction of sp³-hybridized carbons (Fsp3) is 0.125. The molecule has 0 aliphatic rings. The van der Waals surface area contributed by atoms with Crippen molar-refractivity contribution < 1.29 is 4.79 Å². The number of benzene rings is 1. The Morgan fingerprint density at radius 1 is 1.32 bits per heavy atom. The first kappa shape index (κ1) is 14.9. The molecule has 2 heterocycles. The summed E-state index contributed by atoms with van der Waals surface area (Å²) in [5, 5.41) is 4.84. The molecule has 0 atom stereocenters. The normalized spacial score (nSPS) is 10.6. The molecule has 22 heavy (non-hydrogen) atoms. The van der Waals surface area contributed by atoms with Gasteiger partial charge in [-0.25, -0.2) is 4.98 Å². The minimum Gasteiger partial charge on any atom is -0.344 e. The second kappa shape index (κ2) is 6.81. The fourth-order valence-electron chi connectivity index (χ4n) is 2.08. The molecule has 6 heteroatoms. The third-order valence-corrected chi connectivity index (χ3v) is 5.01. The van der Waals surface area contributed by atoms with E-state index in [1.165, 1.54) is 11.3 Å². The molecule has 3 aromatic rings. The third-order valence-electron chi connectivity index (χ3n) is 3.18. The molecule has 3 rings (SSSR count). The Bertz CT molecular complexity index is 765. The van der Waals surface area contributed by atoms with E-state index in [0.717, 1.165) is 26.9 Å². The molecule has 0 unspecified atom stereocenters. The van der Waals surface area contributed by atoms with E-state index in [0.29, 0.717) is 6.54 Å². The van der Waals surface area contributed by atoms with Crippen molar-refractivity contribution >= 4 is 29.0 Å². The van der Waals surface area contributed by atoms with Crippen LogP contribution in [-0.2, 0) is 6.54 Å². The Balaban J connectivity index is 1.65. The van der Waals surface area contributed by atoms with Gasteiger partial charge in [0.25, 0.3) is 5.91 Å². The maximum absolute atomic E-state index is 12.2. The maximum atomic E-state index is 12.2. The molecule has 4 nitrogen and oxygen atoms in total. The predicted octanol–water partition coefficient (Wildman–Crippen LogP) is 3.79. The van der Waals surface area contributed by atoms with E-state index >= 15 is 0 Å². The molecule has 0 bridgehead atoms. The second-order valence-electron chi connectivity index (χ2n) is 4.61. The van der Waals surface area contributed by atoms with Gasteiger partial charge >= 0.3 is 0 Å². The van der Waals surface area contributed by atoms with E-state index in [9.17, 15) is 4.79 Å². The Morgan fingerprint density at radius 3 is 2.91 bits per heavy atom. The summed E-state index contributed by atoms with van der Waals surface area (Å²) >= 11 is 3.04. The summed E-state index contributed by atoms with van der Waals surface area (Å²) in [6.07, 6.45) is 3.76. The van der Waals surface area contributed by atoms with Crippen molar-refractivity contribution in [2.24, 2.45) is 0 Å². The molecule has 2 N–H and O–H groups in total. The van der Waals surface area contributed by atoms with Crippen molar-refractivity contribution in [3.05, 3.63) is 58.7 Å². The van der Waals surface area contributed by atoms with Crippen LogP contribution in [0.3, 0.4) is 0 Å². The van der Waals surface area contributed by atoms with Crippen LogP contribution in [0, 0.1) is 0 Å². The molecular weight excluding hydrogens is 314 g/mol. The lowest BCUT2D eigenvalue weighted by molar-refractivity contribution is 0.0951. The van der Waals surface area contributed by atoms with Gasteiger partial charge < -0.3 is 10.3 Å². The van der Waals surface area contributed by atoms with Crippen molar-refractivity contribution in [2.75, 3.05) is 6.26 Å². The van der Waals surface area contributed by atoms with Crippen LogP contribution in [0.5, 0.6) is 0 Å². The molecule has 0 aliphatic carbocycles. The summed E-state index contributed by atoms with van der Waals surface area (Å²) in [6, 6.07) is 11.9. The van der Waals surface area contributed by atoms with E-state index in [4.69, 9.17) is 0 Å². The largest absolute Gasteiger partial charge is 0.344 e. The van der Waals surface area contributed by atoms with Gasteiger partial charge in [-0.2, -0.15) is 0 Å². The predicted molar refractivity (Wildman–Crippen MR) is 91.3 cm³/mol. The number of aromatic amines is 1. The molecule has 0 radical (unpaired) electrons. The van der Waals surface area contributed by atoms with Crippen LogP contribution in [0.25, 0.3) is 11.3 Å². The second-order valence-corrected chi connectivity index (χ2v) is 6.37. The molecule has 0 aliphatic heterocycles. The van der Waals surface area contributed by atoms with Gasteiger partial charge in [0.15, 0.2) is 0 Å². The molecular formula is C16H15N3OS2. The van der Waals surface area contributed by atoms with Crippen molar-refractivity contribution in [3.63, 3.8) is 0 Å². The Hall–Kier alpha value is -2.05. The van der Waals surface area contributed by atoms with Gasteiger partial charge in [-0.15, -0.1) is 23.1 Å². The lowest BCUT2D eigenvalue weighted by Crippen LogP contribution is -2.22. The number of carbonyl (C=O) groups is 1. The van der Waals surface area contributed by atoms with Crippen LogP contribution in [0.4, 0.5) is 0 Å². The number of nitrogens with one attached hydrogen (secondary N) is 2. The average molecular weight is 329 g/mol. The van der Waals surface area contributed by atoms with Gasteiger partial charge in [-0.05, 0) is 23.3 Å². The van der Waals surface area contributed by atoms with Gasteiger partial charge in [0, 0.05) is 4.90 Å². The van der Waals surface area contributed by atoms with Crippen LogP contribution in [-0.4, -0.2) is 22.1 Å². The Kier molecular flexibility index (Phi) is 4.60. The number of thiophene rings is 1. The maximum Gasteiger partial charge on any atom is 0.262 e. The smallest absolute Gasteiger partial charge is 0.262 e. The minimum absolute atomic E-state index is 0.0583.